The summed E-state index contributed by atoms with van der Waals surface area (Å²) in [5.74, 6) is 1.16. The third-order valence-corrected chi connectivity index (χ3v) is 8.47. The van der Waals surface area contributed by atoms with Crippen LogP contribution in [0.25, 0.3) is 0 Å². The van der Waals surface area contributed by atoms with Crippen molar-refractivity contribution in [3.8, 4) is 0 Å². The number of hydrogen-bond acceptors (Lipinski definition) is 3. The standard InChI is InChI=1S/C38H50N4/c1-5-37(40-30-39-4)29-41(27-25-38(35-15-9-7-10-16-35)36-17-11-8-12-18-36)28-31(3)42(6-2)26-13-14-32-19-21-33(22-20-32)34-23-24-34/h6-12,15-22,30,34,37-38H,2-3,5,13-14,23-29H2,1,4H3,(H,39,40). The summed E-state index contributed by atoms with van der Waals surface area (Å²) in [5.41, 5.74) is 6.75. The summed E-state index contributed by atoms with van der Waals surface area (Å²) >= 11 is 0. The minimum Gasteiger partial charge on any atom is -0.372 e. The molecule has 0 saturated heterocycles. The van der Waals surface area contributed by atoms with Crippen molar-refractivity contribution in [1.29, 1.82) is 0 Å². The van der Waals surface area contributed by atoms with Crippen LogP contribution in [0.4, 0.5) is 0 Å². The van der Waals surface area contributed by atoms with E-state index in [0.717, 1.165) is 63.5 Å². The van der Waals surface area contributed by atoms with Crippen LogP contribution in [0.3, 0.4) is 0 Å². The Hall–Kier alpha value is -3.63. The number of nitrogens with one attached hydrogen (secondary N) is 1. The van der Waals surface area contributed by atoms with E-state index in [4.69, 9.17) is 0 Å². The minimum atomic E-state index is 0.323. The first-order valence-electron chi connectivity index (χ1n) is 15.8. The highest BCUT2D eigenvalue weighted by molar-refractivity contribution is 5.54. The van der Waals surface area contributed by atoms with Gasteiger partial charge >= 0.3 is 0 Å². The SMILES string of the molecule is C=CN(CCCc1ccc(C2CC2)cc1)C(=C)CN(CCC(c1ccccc1)c1ccccc1)CC(CC)NC=NC. The number of aryl methyl sites for hydroxylation is 1. The van der Waals surface area contributed by atoms with Crippen LogP contribution >= 0.6 is 0 Å². The number of benzene rings is 3. The van der Waals surface area contributed by atoms with Crippen molar-refractivity contribution in [1.82, 2.24) is 15.1 Å². The second kappa shape index (κ2) is 16.7. The van der Waals surface area contributed by atoms with E-state index in [2.05, 4.69) is 125 Å². The van der Waals surface area contributed by atoms with Gasteiger partial charge in [0, 0.05) is 44.3 Å². The van der Waals surface area contributed by atoms with Crippen molar-refractivity contribution >= 4 is 6.34 Å². The van der Waals surface area contributed by atoms with Gasteiger partial charge in [-0.05, 0) is 79.4 Å². The zero-order valence-corrected chi connectivity index (χ0v) is 25.8. The molecule has 4 rings (SSSR count). The topological polar surface area (TPSA) is 30.9 Å². The summed E-state index contributed by atoms with van der Waals surface area (Å²) in [6.07, 6.45) is 10.7. The summed E-state index contributed by atoms with van der Waals surface area (Å²) in [6.45, 7) is 14.5. The molecule has 42 heavy (non-hydrogen) atoms. The molecule has 0 radical (unpaired) electrons. The predicted molar refractivity (Wildman–Crippen MR) is 180 cm³/mol. The summed E-state index contributed by atoms with van der Waals surface area (Å²) in [6, 6.07) is 31.4. The Labute approximate surface area is 254 Å². The molecule has 222 valence electrons. The molecular formula is C38H50N4. The molecule has 1 unspecified atom stereocenters. The summed E-state index contributed by atoms with van der Waals surface area (Å²) in [4.78, 5) is 8.97. The maximum Gasteiger partial charge on any atom is 0.0822 e. The molecule has 0 bridgehead atoms. The maximum atomic E-state index is 4.53. The van der Waals surface area contributed by atoms with Crippen molar-refractivity contribution in [3.05, 3.63) is 132 Å². The molecule has 3 aromatic carbocycles. The van der Waals surface area contributed by atoms with Gasteiger partial charge in [-0.15, -0.1) is 0 Å². The van der Waals surface area contributed by atoms with Gasteiger partial charge in [0.05, 0.1) is 6.34 Å². The highest BCUT2D eigenvalue weighted by Crippen LogP contribution is 2.40. The van der Waals surface area contributed by atoms with Crippen LogP contribution in [0.1, 0.15) is 73.1 Å². The molecule has 1 atom stereocenters. The maximum absolute atomic E-state index is 4.53. The van der Waals surface area contributed by atoms with E-state index in [9.17, 15) is 0 Å². The Kier molecular flexibility index (Phi) is 12.5. The lowest BCUT2D eigenvalue weighted by atomic mass is 9.88. The fourth-order valence-electron chi connectivity index (χ4n) is 5.79. The van der Waals surface area contributed by atoms with Crippen LogP contribution < -0.4 is 5.32 Å². The van der Waals surface area contributed by atoms with E-state index in [1.165, 1.54) is 35.1 Å². The van der Waals surface area contributed by atoms with Crippen LogP contribution in [0.15, 0.2) is 115 Å². The van der Waals surface area contributed by atoms with E-state index in [0.29, 0.717) is 12.0 Å². The van der Waals surface area contributed by atoms with Gasteiger partial charge in [-0.3, -0.25) is 9.89 Å². The van der Waals surface area contributed by atoms with E-state index >= 15 is 0 Å². The van der Waals surface area contributed by atoms with Crippen LogP contribution in [-0.4, -0.2) is 55.4 Å². The van der Waals surface area contributed by atoms with Crippen molar-refractivity contribution in [3.63, 3.8) is 0 Å². The largest absolute Gasteiger partial charge is 0.372 e. The van der Waals surface area contributed by atoms with Gasteiger partial charge in [0.1, 0.15) is 0 Å². The third kappa shape index (κ3) is 9.73. The molecule has 0 aliphatic heterocycles. The molecular weight excluding hydrogens is 512 g/mol. The van der Waals surface area contributed by atoms with Crippen molar-refractivity contribution in [2.75, 3.05) is 33.2 Å². The molecule has 4 nitrogen and oxygen atoms in total. The van der Waals surface area contributed by atoms with Gasteiger partial charge in [0.2, 0.25) is 0 Å². The Morgan fingerprint density at radius 1 is 0.952 bits per heavy atom. The van der Waals surface area contributed by atoms with Crippen LogP contribution in [0, 0.1) is 0 Å². The monoisotopic (exact) mass is 562 g/mol. The summed E-state index contributed by atoms with van der Waals surface area (Å²) in [5, 5.41) is 3.49. The van der Waals surface area contributed by atoms with Gasteiger partial charge in [-0.1, -0.05) is 105 Å². The molecule has 0 heterocycles. The minimum absolute atomic E-state index is 0.323. The molecule has 3 aromatic rings. The van der Waals surface area contributed by atoms with E-state index in [1.807, 2.05) is 19.6 Å². The van der Waals surface area contributed by atoms with Crippen molar-refractivity contribution in [2.24, 2.45) is 4.99 Å². The molecule has 0 aromatic heterocycles. The lowest BCUT2D eigenvalue weighted by molar-refractivity contribution is 0.242. The van der Waals surface area contributed by atoms with Crippen LogP contribution in [0.5, 0.6) is 0 Å². The van der Waals surface area contributed by atoms with Gasteiger partial charge in [-0.2, -0.15) is 0 Å². The Morgan fingerprint density at radius 3 is 2.14 bits per heavy atom. The number of aliphatic imine (C=N–C) groups is 1. The number of nitrogens with zero attached hydrogens (tertiary/aromatic N) is 3. The number of hydrogen-bond donors (Lipinski definition) is 1. The molecule has 0 amide bonds. The fraction of sp³-hybridized carbons (Fsp3) is 0.395. The highest BCUT2D eigenvalue weighted by Gasteiger charge is 2.23. The van der Waals surface area contributed by atoms with Gasteiger partial charge in [-0.25, -0.2) is 0 Å². The van der Waals surface area contributed by atoms with Crippen LogP contribution in [-0.2, 0) is 6.42 Å². The van der Waals surface area contributed by atoms with E-state index in [1.54, 1.807) is 0 Å². The zero-order chi connectivity index (χ0) is 29.6. The third-order valence-electron chi connectivity index (χ3n) is 8.47. The summed E-state index contributed by atoms with van der Waals surface area (Å²) < 4.78 is 0. The second-order valence-electron chi connectivity index (χ2n) is 11.6. The van der Waals surface area contributed by atoms with Crippen LogP contribution in [0.2, 0.25) is 0 Å². The molecule has 0 spiro atoms. The first kappa shape index (κ1) is 31.3. The molecule has 1 N–H and O–H groups in total. The van der Waals surface area contributed by atoms with Gasteiger partial charge in [0.15, 0.2) is 0 Å². The molecule has 1 saturated carbocycles. The Morgan fingerprint density at radius 2 is 1.60 bits per heavy atom. The van der Waals surface area contributed by atoms with Gasteiger partial charge in [0.25, 0.3) is 0 Å². The molecule has 1 aliphatic carbocycles. The lowest BCUT2D eigenvalue weighted by Gasteiger charge is -2.32. The zero-order valence-electron chi connectivity index (χ0n) is 25.8. The molecule has 4 heteroatoms. The lowest BCUT2D eigenvalue weighted by Crippen LogP contribution is -2.43. The fourth-order valence-corrected chi connectivity index (χ4v) is 5.79. The van der Waals surface area contributed by atoms with E-state index in [-0.39, 0.29) is 0 Å². The highest BCUT2D eigenvalue weighted by atomic mass is 15.2. The first-order valence-corrected chi connectivity index (χ1v) is 15.8. The smallest absolute Gasteiger partial charge is 0.0822 e. The Balaban J connectivity index is 1.40. The summed E-state index contributed by atoms with van der Waals surface area (Å²) in [7, 11) is 1.81. The number of rotatable bonds is 19. The quantitative estimate of drug-likeness (QED) is 0.119. The predicted octanol–water partition coefficient (Wildman–Crippen LogP) is 8.01. The van der Waals surface area contributed by atoms with E-state index < -0.39 is 0 Å². The first-order chi connectivity index (χ1) is 20.6. The molecule has 1 aliphatic rings. The normalized spacial score (nSPS) is 13.9. The second-order valence-corrected chi connectivity index (χ2v) is 11.6. The average molecular weight is 563 g/mol. The molecule has 1 fully saturated rings. The van der Waals surface area contributed by atoms with Crippen molar-refractivity contribution in [2.45, 2.75) is 63.3 Å². The van der Waals surface area contributed by atoms with Gasteiger partial charge < -0.3 is 10.2 Å². The van der Waals surface area contributed by atoms with Crippen molar-refractivity contribution < 1.29 is 0 Å². The Bertz CT molecular complexity index is 1190. The average Bonchev–Trinajstić information content (AvgIpc) is 3.88.